The second kappa shape index (κ2) is 10.9. The van der Waals surface area contributed by atoms with Crippen LogP contribution in [-0.4, -0.2) is 47.2 Å². The SMILES string of the molecule is COc1ccc(S(=O)(=O)N2CCC(C)CC2)cc1C(=O)Nc1ccc(S(=O)(=O)Nc2ccccc2)cc1. The third-order valence-electron chi connectivity index (χ3n) is 6.24. The molecule has 1 aliphatic heterocycles. The maximum Gasteiger partial charge on any atom is 0.261 e. The van der Waals surface area contributed by atoms with Gasteiger partial charge >= 0.3 is 0 Å². The quantitative estimate of drug-likeness (QED) is 0.440. The van der Waals surface area contributed by atoms with Gasteiger partial charge < -0.3 is 10.1 Å². The average molecular weight is 544 g/mol. The Bertz CT molecular complexity index is 1470. The molecule has 3 aromatic carbocycles. The lowest BCUT2D eigenvalue weighted by atomic mass is 10.0. The van der Waals surface area contributed by atoms with Crippen molar-refractivity contribution in [2.24, 2.45) is 5.92 Å². The number of anilines is 2. The first kappa shape index (κ1) is 26.6. The number of sulfonamides is 2. The van der Waals surface area contributed by atoms with Crippen molar-refractivity contribution in [2.45, 2.75) is 29.6 Å². The highest BCUT2D eigenvalue weighted by molar-refractivity contribution is 7.92. The van der Waals surface area contributed by atoms with Gasteiger partial charge in [0.05, 0.1) is 22.5 Å². The first-order chi connectivity index (χ1) is 17.6. The number of nitrogens with one attached hydrogen (secondary N) is 2. The number of hydrogen-bond donors (Lipinski definition) is 2. The van der Waals surface area contributed by atoms with E-state index in [-0.39, 0.29) is 21.1 Å². The van der Waals surface area contributed by atoms with E-state index in [1.807, 2.05) is 0 Å². The van der Waals surface area contributed by atoms with Gasteiger partial charge in [0.15, 0.2) is 0 Å². The predicted molar refractivity (Wildman–Crippen MR) is 142 cm³/mol. The van der Waals surface area contributed by atoms with E-state index in [0.717, 1.165) is 12.8 Å². The van der Waals surface area contributed by atoms with Crippen molar-refractivity contribution in [3.63, 3.8) is 0 Å². The van der Waals surface area contributed by atoms with Crippen LogP contribution in [0.1, 0.15) is 30.1 Å². The molecule has 0 spiro atoms. The van der Waals surface area contributed by atoms with Gasteiger partial charge in [0.2, 0.25) is 10.0 Å². The molecule has 1 amide bonds. The highest BCUT2D eigenvalue weighted by Crippen LogP contribution is 2.28. The van der Waals surface area contributed by atoms with Crippen LogP contribution in [0.3, 0.4) is 0 Å². The molecule has 3 aromatic rings. The lowest BCUT2D eigenvalue weighted by molar-refractivity contribution is 0.102. The zero-order chi connectivity index (χ0) is 26.6. The highest BCUT2D eigenvalue weighted by Gasteiger charge is 2.29. The van der Waals surface area contributed by atoms with Gasteiger partial charge in [0.1, 0.15) is 5.75 Å². The van der Waals surface area contributed by atoms with E-state index in [4.69, 9.17) is 4.74 Å². The minimum atomic E-state index is -3.81. The third kappa shape index (κ3) is 6.12. The van der Waals surface area contributed by atoms with Crippen LogP contribution in [0.15, 0.2) is 82.6 Å². The molecule has 0 radical (unpaired) electrons. The summed E-state index contributed by atoms with van der Waals surface area (Å²) in [6.45, 7) is 2.97. The standard InChI is InChI=1S/C26H29N3O6S2/c1-19-14-16-29(17-15-19)37(33,34)23-12-13-25(35-2)24(18-23)26(30)27-20-8-10-22(11-9-20)36(31,32)28-21-6-4-3-5-7-21/h3-13,18-19,28H,14-17H2,1-2H3,(H,27,30). The summed E-state index contributed by atoms with van der Waals surface area (Å²) in [6, 6.07) is 18.4. The molecule has 0 bridgehead atoms. The third-order valence-corrected chi connectivity index (χ3v) is 9.54. The van der Waals surface area contributed by atoms with Crippen LogP contribution in [0.25, 0.3) is 0 Å². The van der Waals surface area contributed by atoms with Gasteiger partial charge in [0, 0.05) is 24.5 Å². The Labute approximate surface area is 217 Å². The number of para-hydroxylation sites is 1. The predicted octanol–water partition coefficient (Wildman–Crippen LogP) is 4.17. The lowest BCUT2D eigenvalue weighted by Gasteiger charge is -2.29. The minimum Gasteiger partial charge on any atom is -0.496 e. The number of amides is 1. The van der Waals surface area contributed by atoms with E-state index in [1.54, 1.807) is 30.3 Å². The zero-order valence-electron chi connectivity index (χ0n) is 20.5. The van der Waals surface area contributed by atoms with Crippen molar-refractivity contribution in [1.29, 1.82) is 0 Å². The van der Waals surface area contributed by atoms with Gasteiger partial charge in [-0.2, -0.15) is 4.31 Å². The molecule has 1 fully saturated rings. The van der Waals surface area contributed by atoms with Crippen LogP contribution in [0, 0.1) is 5.92 Å². The van der Waals surface area contributed by atoms with Crippen LogP contribution in [0.4, 0.5) is 11.4 Å². The van der Waals surface area contributed by atoms with Crippen LogP contribution in [0.5, 0.6) is 5.75 Å². The molecule has 37 heavy (non-hydrogen) atoms. The molecule has 0 unspecified atom stereocenters. The average Bonchev–Trinajstić information content (AvgIpc) is 2.89. The normalized spacial score (nSPS) is 15.2. The number of carbonyl (C=O) groups is 1. The Morgan fingerprint density at radius 2 is 1.49 bits per heavy atom. The minimum absolute atomic E-state index is 0.0152. The maximum atomic E-state index is 13.2. The van der Waals surface area contributed by atoms with E-state index in [1.165, 1.54) is 53.9 Å². The molecule has 196 valence electrons. The summed E-state index contributed by atoms with van der Waals surface area (Å²) in [5, 5.41) is 2.68. The summed E-state index contributed by atoms with van der Waals surface area (Å²) in [5.74, 6) is 0.105. The van der Waals surface area contributed by atoms with Crippen molar-refractivity contribution in [3.05, 3.63) is 78.4 Å². The highest BCUT2D eigenvalue weighted by atomic mass is 32.2. The molecule has 0 aliphatic carbocycles. The molecule has 0 saturated carbocycles. The molecule has 1 saturated heterocycles. The van der Waals surface area contributed by atoms with E-state index in [0.29, 0.717) is 30.4 Å². The van der Waals surface area contributed by atoms with Gasteiger partial charge in [0.25, 0.3) is 15.9 Å². The Kier molecular flexibility index (Phi) is 7.86. The largest absolute Gasteiger partial charge is 0.496 e. The Morgan fingerprint density at radius 3 is 2.11 bits per heavy atom. The van der Waals surface area contributed by atoms with Gasteiger partial charge in [-0.3, -0.25) is 9.52 Å². The fourth-order valence-electron chi connectivity index (χ4n) is 4.04. The van der Waals surface area contributed by atoms with Crippen LogP contribution >= 0.6 is 0 Å². The Hall–Kier alpha value is -3.41. The first-order valence-corrected chi connectivity index (χ1v) is 14.7. The fraction of sp³-hybridized carbons (Fsp3) is 0.269. The molecular weight excluding hydrogens is 514 g/mol. The number of piperidine rings is 1. The summed E-state index contributed by atoms with van der Waals surface area (Å²) >= 11 is 0. The summed E-state index contributed by atoms with van der Waals surface area (Å²) < 4.78 is 60.9. The Morgan fingerprint density at radius 1 is 0.865 bits per heavy atom. The summed E-state index contributed by atoms with van der Waals surface area (Å²) in [6.07, 6.45) is 1.57. The lowest BCUT2D eigenvalue weighted by Crippen LogP contribution is -2.37. The number of carbonyl (C=O) groups excluding carboxylic acids is 1. The molecule has 9 nitrogen and oxygen atoms in total. The molecule has 2 N–H and O–H groups in total. The molecule has 0 atom stereocenters. The topological polar surface area (TPSA) is 122 Å². The Balaban J connectivity index is 1.52. The molecular formula is C26H29N3O6S2. The molecule has 1 heterocycles. The fourth-order valence-corrected chi connectivity index (χ4v) is 6.59. The summed E-state index contributed by atoms with van der Waals surface area (Å²) in [7, 11) is -6.18. The molecule has 0 aromatic heterocycles. The number of ether oxygens (including phenoxy) is 1. The van der Waals surface area contributed by atoms with E-state index >= 15 is 0 Å². The summed E-state index contributed by atoms with van der Waals surface area (Å²) in [4.78, 5) is 13.1. The number of benzene rings is 3. The van der Waals surface area contributed by atoms with Gasteiger partial charge in [-0.15, -0.1) is 0 Å². The van der Waals surface area contributed by atoms with Crippen LogP contribution < -0.4 is 14.8 Å². The first-order valence-electron chi connectivity index (χ1n) is 11.8. The van der Waals surface area contributed by atoms with Gasteiger partial charge in [-0.1, -0.05) is 25.1 Å². The zero-order valence-corrected chi connectivity index (χ0v) is 22.2. The van der Waals surface area contributed by atoms with Gasteiger partial charge in [-0.25, -0.2) is 16.8 Å². The van der Waals surface area contributed by atoms with Crippen molar-refractivity contribution in [2.75, 3.05) is 30.2 Å². The molecule has 4 rings (SSSR count). The number of methoxy groups -OCH3 is 1. The molecule has 11 heteroatoms. The van der Waals surface area contributed by atoms with E-state index < -0.39 is 26.0 Å². The number of rotatable bonds is 8. The van der Waals surface area contributed by atoms with Gasteiger partial charge in [-0.05, 0) is 73.4 Å². The smallest absolute Gasteiger partial charge is 0.261 e. The number of hydrogen-bond acceptors (Lipinski definition) is 6. The van der Waals surface area contributed by atoms with Crippen molar-refractivity contribution in [3.8, 4) is 5.75 Å². The van der Waals surface area contributed by atoms with Crippen LogP contribution in [-0.2, 0) is 20.0 Å². The van der Waals surface area contributed by atoms with Crippen LogP contribution in [0.2, 0.25) is 0 Å². The van der Waals surface area contributed by atoms with E-state index in [9.17, 15) is 21.6 Å². The number of nitrogens with zero attached hydrogens (tertiary/aromatic N) is 1. The molecule has 1 aliphatic rings. The van der Waals surface area contributed by atoms with Crippen molar-refractivity contribution < 1.29 is 26.4 Å². The second-order valence-corrected chi connectivity index (χ2v) is 12.5. The monoisotopic (exact) mass is 543 g/mol. The van der Waals surface area contributed by atoms with Crippen molar-refractivity contribution >= 4 is 37.3 Å². The maximum absolute atomic E-state index is 13.2. The summed E-state index contributed by atoms with van der Waals surface area (Å²) in [5.41, 5.74) is 0.821. The second-order valence-electron chi connectivity index (χ2n) is 8.90. The van der Waals surface area contributed by atoms with Crippen molar-refractivity contribution in [1.82, 2.24) is 4.31 Å². The van der Waals surface area contributed by atoms with E-state index in [2.05, 4.69) is 17.0 Å².